The number of rotatable bonds is 3. The summed E-state index contributed by atoms with van der Waals surface area (Å²) in [6, 6.07) is 12.2. The molecule has 0 radical (unpaired) electrons. The predicted octanol–water partition coefficient (Wildman–Crippen LogP) is 4.13. The first-order chi connectivity index (χ1) is 13.8. The smallest absolute Gasteiger partial charge is 0.225 e. The Morgan fingerprint density at radius 2 is 1.57 bits per heavy atom. The maximum Gasteiger partial charge on any atom is 0.225 e. The number of halogens is 1. The van der Waals surface area contributed by atoms with E-state index in [1.807, 2.05) is 24.3 Å². The average Bonchev–Trinajstić information content (AvgIpc) is 3.18. The summed E-state index contributed by atoms with van der Waals surface area (Å²) < 4.78 is 0. The number of piperazine rings is 1. The minimum absolute atomic E-state index is 0.290. The molecule has 1 aromatic carbocycles. The van der Waals surface area contributed by atoms with Gasteiger partial charge in [-0.3, -0.25) is 0 Å². The fourth-order valence-corrected chi connectivity index (χ4v) is 4.69. The van der Waals surface area contributed by atoms with Crippen LogP contribution in [0.2, 0.25) is 5.28 Å². The molecule has 140 valence electrons. The van der Waals surface area contributed by atoms with Gasteiger partial charge >= 0.3 is 0 Å². The van der Waals surface area contributed by atoms with Crippen molar-refractivity contribution in [3.8, 4) is 11.1 Å². The van der Waals surface area contributed by atoms with Crippen LogP contribution in [0.4, 0.5) is 11.8 Å². The van der Waals surface area contributed by atoms with Crippen LogP contribution < -0.4 is 9.80 Å². The van der Waals surface area contributed by atoms with Crippen molar-refractivity contribution in [3.63, 3.8) is 0 Å². The van der Waals surface area contributed by atoms with Gasteiger partial charge in [0, 0.05) is 49.5 Å². The highest BCUT2D eigenvalue weighted by atomic mass is 35.5. The van der Waals surface area contributed by atoms with Crippen molar-refractivity contribution >= 4 is 44.9 Å². The average molecular weight is 409 g/mol. The Balaban J connectivity index is 1.50. The zero-order valence-corrected chi connectivity index (χ0v) is 16.6. The van der Waals surface area contributed by atoms with E-state index in [2.05, 4.69) is 47.2 Å². The summed E-state index contributed by atoms with van der Waals surface area (Å²) in [5.41, 5.74) is 2.32. The molecule has 1 aliphatic heterocycles. The normalized spacial score (nSPS) is 14.6. The van der Waals surface area contributed by atoms with Gasteiger partial charge in [0.2, 0.25) is 11.2 Å². The van der Waals surface area contributed by atoms with Crippen molar-refractivity contribution in [2.75, 3.05) is 36.0 Å². The Hall–Kier alpha value is -2.77. The fraction of sp³-hybridized carbons (Fsp3) is 0.200. The Kier molecular flexibility index (Phi) is 4.54. The Morgan fingerprint density at radius 1 is 0.857 bits per heavy atom. The highest BCUT2D eigenvalue weighted by Crippen LogP contribution is 2.39. The van der Waals surface area contributed by atoms with Gasteiger partial charge in [0.15, 0.2) is 0 Å². The lowest BCUT2D eigenvalue weighted by Crippen LogP contribution is -2.47. The molecular weight excluding hydrogens is 392 g/mol. The van der Waals surface area contributed by atoms with Crippen molar-refractivity contribution in [2.45, 2.75) is 0 Å². The lowest BCUT2D eigenvalue weighted by molar-refractivity contribution is 0.636. The molecule has 0 amide bonds. The van der Waals surface area contributed by atoms with E-state index in [1.54, 1.807) is 23.7 Å². The number of anilines is 2. The molecule has 0 atom stereocenters. The van der Waals surface area contributed by atoms with Crippen LogP contribution in [-0.4, -0.2) is 46.1 Å². The fourth-order valence-electron chi connectivity index (χ4n) is 3.53. The monoisotopic (exact) mass is 408 g/mol. The second-order valence-electron chi connectivity index (χ2n) is 6.53. The SMILES string of the molecule is Clc1nc(N2CCN(c3ncccn3)CC2)c2c(-c3ccccc3)csc2n1. The summed E-state index contributed by atoms with van der Waals surface area (Å²) in [5.74, 6) is 1.68. The minimum Gasteiger partial charge on any atom is -0.352 e. The molecular formula is C20H17ClN6S. The van der Waals surface area contributed by atoms with E-state index in [0.717, 1.165) is 59.3 Å². The van der Waals surface area contributed by atoms with E-state index >= 15 is 0 Å². The highest BCUT2D eigenvalue weighted by Gasteiger charge is 2.24. The van der Waals surface area contributed by atoms with E-state index in [0.29, 0.717) is 0 Å². The van der Waals surface area contributed by atoms with Crippen molar-refractivity contribution in [3.05, 3.63) is 59.5 Å². The Bertz CT molecular complexity index is 1090. The molecule has 6 nitrogen and oxygen atoms in total. The van der Waals surface area contributed by atoms with Crippen LogP contribution in [0.25, 0.3) is 21.3 Å². The first-order valence-corrected chi connectivity index (χ1v) is 10.3. The first kappa shape index (κ1) is 17.3. The first-order valence-electron chi connectivity index (χ1n) is 9.06. The summed E-state index contributed by atoms with van der Waals surface area (Å²) in [6.07, 6.45) is 3.56. The molecule has 28 heavy (non-hydrogen) atoms. The van der Waals surface area contributed by atoms with Crippen LogP contribution in [0.3, 0.4) is 0 Å². The molecule has 5 rings (SSSR count). The summed E-state index contributed by atoms with van der Waals surface area (Å²) in [4.78, 5) is 23.2. The molecule has 4 heterocycles. The number of thiophene rings is 1. The second kappa shape index (κ2) is 7.33. The summed E-state index contributed by atoms with van der Waals surface area (Å²) >= 11 is 7.86. The number of fused-ring (bicyclic) bond motifs is 1. The summed E-state index contributed by atoms with van der Waals surface area (Å²) in [6.45, 7) is 3.31. The van der Waals surface area contributed by atoms with E-state index in [9.17, 15) is 0 Å². The summed E-state index contributed by atoms with van der Waals surface area (Å²) in [7, 11) is 0. The molecule has 8 heteroatoms. The molecule has 1 fully saturated rings. The van der Waals surface area contributed by atoms with Crippen LogP contribution in [0.15, 0.2) is 54.2 Å². The standard InChI is InChI=1S/C20H17ClN6S/c21-19-24-17(26-9-11-27(12-10-26)20-22-7-4-8-23-20)16-15(13-28-18(16)25-19)14-5-2-1-3-6-14/h1-8,13H,9-12H2. The van der Waals surface area contributed by atoms with E-state index in [1.165, 1.54) is 0 Å². The van der Waals surface area contributed by atoms with Gasteiger partial charge in [0.05, 0.1) is 5.39 Å². The largest absolute Gasteiger partial charge is 0.352 e. The lowest BCUT2D eigenvalue weighted by atomic mass is 10.1. The number of hydrogen-bond donors (Lipinski definition) is 0. The summed E-state index contributed by atoms with van der Waals surface area (Å²) in [5, 5.41) is 3.51. The number of aromatic nitrogens is 4. The van der Waals surface area contributed by atoms with Gasteiger partial charge < -0.3 is 9.80 Å². The van der Waals surface area contributed by atoms with Gasteiger partial charge in [0.25, 0.3) is 0 Å². The number of nitrogens with zero attached hydrogens (tertiary/aromatic N) is 6. The molecule has 0 spiro atoms. The molecule has 3 aromatic heterocycles. The van der Waals surface area contributed by atoms with Crippen LogP contribution in [-0.2, 0) is 0 Å². The van der Waals surface area contributed by atoms with Gasteiger partial charge in [-0.05, 0) is 23.2 Å². The number of benzene rings is 1. The molecule has 1 aliphatic rings. The van der Waals surface area contributed by atoms with Gasteiger partial charge in [-0.15, -0.1) is 11.3 Å². The third kappa shape index (κ3) is 3.16. The van der Waals surface area contributed by atoms with Crippen LogP contribution in [0.1, 0.15) is 0 Å². The molecule has 0 N–H and O–H groups in total. The van der Waals surface area contributed by atoms with E-state index in [-0.39, 0.29) is 5.28 Å². The molecule has 1 saturated heterocycles. The predicted molar refractivity (Wildman–Crippen MR) is 114 cm³/mol. The van der Waals surface area contributed by atoms with Crippen molar-refractivity contribution in [1.29, 1.82) is 0 Å². The van der Waals surface area contributed by atoms with Crippen LogP contribution in [0.5, 0.6) is 0 Å². The zero-order valence-electron chi connectivity index (χ0n) is 15.0. The Labute approximate surface area is 171 Å². The number of hydrogen-bond acceptors (Lipinski definition) is 7. The van der Waals surface area contributed by atoms with Crippen LogP contribution >= 0.6 is 22.9 Å². The van der Waals surface area contributed by atoms with E-state index < -0.39 is 0 Å². The van der Waals surface area contributed by atoms with Crippen molar-refractivity contribution in [1.82, 2.24) is 19.9 Å². The molecule has 4 aromatic rings. The second-order valence-corrected chi connectivity index (χ2v) is 7.73. The topological polar surface area (TPSA) is 58.0 Å². The molecule has 0 aliphatic carbocycles. The molecule has 0 bridgehead atoms. The lowest BCUT2D eigenvalue weighted by Gasteiger charge is -2.35. The van der Waals surface area contributed by atoms with Gasteiger partial charge in [-0.2, -0.15) is 4.98 Å². The third-order valence-corrected chi connectivity index (χ3v) is 5.93. The zero-order chi connectivity index (χ0) is 18.9. The highest BCUT2D eigenvalue weighted by molar-refractivity contribution is 7.17. The van der Waals surface area contributed by atoms with Crippen molar-refractivity contribution in [2.24, 2.45) is 0 Å². The van der Waals surface area contributed by atoms with E-state index in [4.69, 9.17) is 11.6 Å². The van der Waals surface area contributed by atoms with Gasteiger partial charge in [0.1, 0.15) is 10.6 Å². The quantitative estimate of drug-likeness (QED) is 0.475. The molecule has 0 unspecified atom stereocenters. The maximum absolute atomic E-state index is 6.25. The third-order valence-electron chi connectivity index (χ3n) is 4.89. The van der Waals surface area contributed by atoms with Crippen molar-refractivity contribution < 1.29 is 0 Å². The maximum atomic E-state index is 6.25. The van der Waals surface area contributed by atoms with Gasteiger partial charge in [-0.1, -0.05) is 30.3 Å². The van der Waals surface area contributed by atoms with Crippen LogP contribution in [0, 0.1) is 0 Å². The Morgan fingerprint density at radius 3 is 2.32 bits per heavy atom. The minimum atomic E-state index is 0.290. The molecule has 0 saturated carbocycles. The van der Waals surface area contributed by atoms with Gasteiger partial charge in [-0.25, -0.2) is 15.0 Å².